The van der Waals surface area contributed by atoms with Gasteiger partial charge in [0.25, 0.3) is 0 Å². The molecule has 0 saturated carbocycles. The van der Waals surface area contributed by atoms with Gasteiger partial charge in [0.1, 0.15) is 5.82 Å². The van der Waals surface area contributed by atoms with Crippen molar-refractivity contribution in [3.63, 3.8) is 0 Å². The van der Waals surface area contributed by atoms with Crippen LogP contribution in [0.4, 0.5) is 17.1 Å². The van der Waals surface area contributed by atoms with E-state index in [4.69, 9.17) is 4.98 Å². The van der Waals surface area contributed by atoms with Crippen LogP contribution in [0, 0.1) is 0 Å². The molecular formula is C69H47N5. The normalized spacial score (nSPS) is 11.5. The van der Waals surface area contributed by atoms with Crippen molar-refractivity contribution in [3.05, 3.63) is 279 Å². The zero-order chi connectivity index (χ0) is 49.0. The molecule has 3 aromatic heterocycles. The predicted octanol–water partition coefficient (Wildman–Crippen LogP) is 18.4. The molecule has 0 atom stereocenters. The Labute approximate surface area is 429 Å². The van der Waals surface area contributed by atoms with Crippen LogP contribution in [0.1, 0.15) is 0 Å². The van der Waals surface area contributed by atoms with Crippen LogP contribution in [0.25, 0.3) is 111 Å². The van der Waals surface area contributed by atoms with Crippen LogP contribution in [-0.2, 0) is 0 Å². The Morgan fingerprint density at radius 2 is 0.581 bits per heavy atom. The van der Waals surface area contributed by atoms with Crippen molar-refractivity contribution in [1.82, 2.24) is 19.1 Å². The van der Waals surface area contributed by atoms with Gasteiger partial charge >= 0.3 is 0 Å². The minimum atomic E-state index is 0.807. The average Bonchev–Trinajstić information content (AvgIpc) is 4.19. The topological polar surface area (TPSA) is 41.8 Å². The number of hydrogen-bond acceptors (Lipinski definition) is 2. The zero-order valence-electron chi connectivity index (χ0n) is 40.3. The summed E-state index contributed by atoms with van der Waals surface area (Å²) in [4.78, 5) is 11.5. The third-order valence-corrected chi connectivity index (χ3v) is 14.5. The summed E-state index contributed by atoms with van der Waals surface area (Å²) in [5, 5.41) is 5.04. The fourth-order valence-corrected chi connectivity index (χ4v) is 11.0. The molecule has 14 aromatic rings. The maximum atomic E-state index is 5.39. The molecule has 0 saturated heterocycles. The molecule has 0 fully saturated rings. The highest BCUT2D eigenvalue weighted by Crippen LogP contribution is 2.40. The lowest BCUT2D eigenvalue weighted by molar-refractivity contribution is 1.18. The molecular weight excluding hydrogens is 899 g/mol. The number of nitrogens with zero attached hydrogens (tertiary/aromatic N) is 4. The van der Waals surface area contributed by atoms with Crippen molar-refractivity contribution >= 4 is 60.7 Å². The molecule has 0 radical (unpaired) electrons. The zero-order valence-corrected chi connectivity index (χ0v) is 40.3. The standard InChI is InChI=1S/C69H47N5/c1-3-15-54(16-4-1)72(55-17-5-2-6-18-55)56-45-39-53(40-46-56)69-70-67(51-31-27-47(28-32-51)49-35-41-57(42-36-49)73-63-23-11-7-19-59(63)60-20-8-12-24-64(60)73)68(71-69)52-33-29-48(30-34-52)50-37-43-58(44-38-50)74-65-25-13-9-21-61(65)62-22-10-14-26-66(62)74/h1-46H,(H,70,71). The lowest BCUT2D eigenvalue weighted by atomic mass is 9.99. The molecule has 0 amide bonds. The van der Waals surface area contributed by atoms with Gasteiger partial charge in [-0.2, -0.15) is 0 Å². The number of aromatic nitrogens is 4. The molecule has 5 nitrogen and oxygen atoms in total. The molecule has 3 heterocycles. The van der Waals surface area contributed by atoms with E-state index in [1.54, 1.807) is 0 Å². The van der Waals surface area contributed by atoms with Crippen LogP contribution in [0.5, 0.6) is 0 Å². The first kappa shape index (κ1) is 42.9. The molecule has 0 bridgehead atoms. The Morgan fingerprint density at radius 3 is 0.986 bits per heavy atom. The Kier molecular flexibility index (Phi) is 10.4. The minimum absolute atomic E-state index is 0.807. The van der Waals surface area contributed by atoms with Crippen molar-refractivity contribution in [2.75, 3.05) is 4.90 Å². The van der Waals surface area contributed by atoms with Crippen molar-refractivity contribution in [2.24, 2.45) is 0 Å². The average molecular weight is 946 g/mol. The van der Waals surface area contributed by atoms with Crippen LogP contribution in [-0.4, -0.2) is 19.1 Å². The van der Waals surface area contributed by atoms with E-state index >= 15 is 0 Å². The second-order valence-electron chi connectivity index (χ2n) is 18.9. The summed E-state index contributed by atoms with van der Waals surface area (Å²) >= 11 is 0. The number of benzene rings is 11. The first-order chi connectivity index (χ1) is 36.7. The molecule has 348 valence electrons. The molecule has 74 heavy (non-hydrogen) atoms. The fourth-order valence-electron chi connectivity index (χ4n) is 11.0. The molecule has 1 N–H and O–H groups in total. The van der Waals surface area contributed by atoms with Crippen LogP contribution in [0.15, 0.2) is 279 Å². The van der Waals surface area contributed by atoms with Gasteiger partial charge in [-0.05, 0) is 119 Å². The predicted molar refractivity (Wildman–Crippen MR) is 309 cm³/mol. The van der Waals surface area contributed by atoms with Crippen molar-refractivity contribution < 1.29 is 0 Å². The van der Waals surface area contributed by atoms with Gasteiger partial charge in [-0.15, -0.1) is 0 Å². The lowest BCUT2D eigenvalue weighted by Gasteiger charge is -2.25. The highest BCUT2D eigenvalue weighted by atomic mass is 15.1. The minimum Gasteiger partial charge on any atom is -0.337 e. The van der Waals surface area contributed by atoms with E-state index in [1.165, 1.54) is 43.6 Å². The van der Waals surface area contributed by atoms with Crippen molar-refractivity contribution in [1.29, 1.82) is 0 Å². The van der Waals surface area contributed by atoms with Crippen molar-refractivity contribution in [3.8, 4) is 67.5 Å². The summed E-state index contributed by atoms with van der Waals surface area (Å²) in [7, 11) is 0. The summed E-state index contributed by atoms with van der Waals surface area (Å²) in [6.07, 6.45) is 0. The summed E-state index contributed by atoms with van der Waals surface area (Å²) in [5.41, 5.74) is 19.9. The van der Waals surface area contributed by atoms with Crippen LogP contribution >= 0.6 is 0 Å². The van der Waals surface area contributed by atoms with E-state index < -0.39 is 0 Å². The number of rotatable bonds is 10. The van der Waals surface area contributed by atoms with E-state index in [1.807, 2.05) is 0 Å². The van der Waals surface area contributed by atoms with Gasteiger partial charge in [-0.3, -0.25) is 0 Å². The van der Waals surface area contributed by atoms with Crippen LogP contribution < -0.4 is 4.90 Å². The summed E-state index contributed by atoms with van der Waals surface area (Å²) in [5.74, 6) is 0.807. The Bertz CT molecular complexity index is 3940. The SMILES string of the molecule is c1ccc(N(c2ccccc2)c2ccc(-c3nc(-c4ccc(-c5ccc(-n6c7ccccc7c7ccccc76)cc5)cc4)c(-c4ccc(-c5ccc(-n6c7ccccc7c7ccccc76)cc5)cc4)[nH]3)cc2)cc1. The summed E-state index contributed by atoms with van der Waals surface area (Å²) in [6.45, 7) is 0. The molecule has 5 heteroatoms. The van der Waals surface area contributed by atoms with Gasteiger partial charge in [-0.25, -0.2) is 4.98 Å². The van der Waals surface area contributed by atoms with E-state index in [0.29, 0.717) is 0 Å². The molecule has 0 unspecified atom stereocenters. The van der Waals surface area contributed by atoms with E-state index in [-0.39, 0.29) is 0 Å². The van der Waals surface area contributed by atoms with E-state index in [0.717, 1.165) is 84.6 Å². The number of aromatic amines is 1. The van der Waals surface area contributed by atoms with Crippen LogP contribution in [0.3, 0.4) is 0 Å². The largest absolute Gasteiger partial charge is 0.337 e. The number of nitrogens with one attached hydrogen (secondary N) is 1. The Balaban J connectivity index is 0.803. The molecule has 0 spiro atoms. The number of hydrogen-bond donors (Lipinski definition) is 1. The van der Waals surface area contributed by atoms with E-state index in [2.05, 4.69) is 298 Å². The fraction of sp³-hybridized carbons (Fsp3) is 0. The second kappa shape index (κ2) is 18.0. The van der Waals surface area contributed by atoms with Gasteiger partial charge in [0, 0.05) is 66.7 Å². The van der Waals surface area contributed by atoms with Gasteiger partial charge in [0.2, 0.25) is 0 Å². The van der Waals surface area contributed by atoms with Gasteiger partial charge < -0.3 is 19.0 Å². The van der Waals surface area contributed by atoms with Crippen LogP contribution in [0.2, 0.25) is 0 Å². The maximum Gasteiger partial charge on any atom is 0.138 e. The molecule has 0 aliphatic heterocycles. The number of fused-ring (bicyclic) bond motifs is 6. The van der Waals surface area contributed by atoms with E-state index in [9.17, 15) is 0 Å². The Morgan fingerprint density at radius 1 is 0.270 bits per heavy atom. The third kappa shape index (κ3) is 7.46. The van der Waals surface area contributed by atoms with Gasteiger partial charge in [0.05, 0.1) is 33.5 Å². The summed E-state index contributed by atoms with van der Waals surface area (Å²) < 4.78 is 4.72. The van der Waals surface area contributed by atoms with Gasteiger partial charge in [-0.1, -0.05) is 182 Å². The lowest BCUT2D eigenvalue weighted by Crippen LogP contribution is -2.09. The molecule has 0 aliphatic carbocycles. The number of H-pyrrole nitrogens is 1. The Hall–Kier alpha value is -9.97. The summed E-state index contributed by atoms with van der Waals surface area (Å²) in [6, 6.07) is 99.9. The molecule has 14 rings (SSSR count). The number of anilines is 3. The maximum absolute atomic E-state index is 5.39. The highest BCUT2D eigenvalue weighted by Gasteiger charge is 2.19. The van der Waals surface area contributed by atoms with Crippen molar-refractivity contribution in [2.45, 2.75) is 0 Å². The third-order valence-electron chi connectivity index (χ3n) is 14.5. The first-order valence-electron chi connectivity index (χ1n) is 25.2. The monoisotopic (exact) mass is 945 g/mol. The highest BCUT2D eigenvalue weighted by molar-refractivity contribution is 6.10. The smallest absolute Gasteiger partial charge is 0.138 e. The number of imidazole rings is 1. The molecule has 11 aromatic carbocycles. The quantitative estimate of drug-likeness (QED) is 0.148. The number of para-hydroxylation sites is 6. The molecule has 0 aliphatic rings. The van der Waals surface area contributed by atoms with Gasteiger partial charge in [0.15, 0.2) is 0 Å². The second-order valence-corrected chi connectivity index (χ2v) is 18.9. The first-order valence-corrected chi connectivity index (χ1v) is 25.2.